The molecule has 5 rings (SSSR count). The van der Waals surface area contributed by atoms with Crippen molar-refractivity contribution in [2.45, 2.75) is 19.4 Å². The predicted molar refractivity (Wildman–Crippen MR) is 108 cm³/mol. The van der Waals surface area contributed by atoms with E-state index in [1.807, 2.05) is 0 Å². The molecule has 6 nitrogen and oxygen atoms in total. The highest BCUT2D eigenvalue weighted by atomic mass is 19.2. The van der Waals surface area contributed by atoms with Crippen molar-refractivity contribution in [3.8, 4) is 11.3 Å². The molecule has 0 saturated heterocycles. The first-order chi connectivity index (χ1) is 15.3. The molecule has 4 aromatic rings. The van der Waals surface area contributed by atoms with Crippen molar-refractivity contribution in [2.24, 2.45) is 7.05 Å². The Morgan fingerprint density at radius 1 is 1.16 bits per heavy atom. The van der Waals surface area contributed by atoms with Crippen LogP contribution in [0.1, 0.15) is 34.6 Å². The molecule has 164 valence electrons. The van der Waals surface area contributed by atoms with Crippen LogP contribution in [0, 0.1) is 23.3 Å². The number of nitrogens with one attached hydrogen (secondary N) is 1. The molecular weight excluding hydrogens is 426 g/mol. The highest BCUT2D eigenvalue weighted by Crippen LogP contribution is 2.37. The number of aromatic nitrogens is 4. The number of nitrogens with zero attached hydrogens (tertiary/aromatic N) is 4. The summed E-state index contributed by atoms with van der Waals surface area (Å²) >= 11 is 0. The normalized spacial score (nSPS) is 15.9. The number of benzene rings is 1. The highest BCUT2D eigenvalue weighted by molar-refractivity contribution is 6.06. The number of aryl methyl sites for hydroxylation is 1. The number of amides is 1. The summed E-state index contributed by atoms with van der Waals surface area (Å²) < 4.78 is 56.2. The molecule has 0 fully saturated rings. The quantitative estimate of drug-likeness (QED) is 0.372. The second-order valence-corrected chi connectivity index (χ2v) is 7.77. The van der Waals surface area contributed by atoms with Crippen LogP contribution in [-0.2, 0) is 13.5 Å². The third kappa shape index (κ3) is 2.97. The fourth-order valence-corrected chi connectivity index (χ4v) is 4.38. The van der Waals surface area contributed by atoms with Gasteiger partial charge in [0.2, 0.25) is 0 Å². The molecule has 1 aliphatic rings. The molecule has 0 saturated carbocycles. The molecule has 3 aromatic heterocycles. The summed E-state index contributed by atoms with van der Waals surface area (Å²) in [5.41, 5.74) is 2.65. The van der Waals surface area contributed by atoms with Crippen molar-refractivity contribution in [1.82, 2.24) is 24.6 Å². The van der Waals surface area contributed by atoms with E-state index in [-0.39, 0.29) is 11.5 Å². The van der Waals surface area contributed by atoms with Crippen LogP contribution < -0.4 is 0 Å². The molecule has 1 atom stereocenters. The average molecular weight is 443 g/mol. The van der Waals surface area contributed by atoms with E-state index < -0.39 is 29.3 Å². The lowest BCUT2D eigenvalue weighted by atomic mass is 9.95. The number of hydrogen-bond acceptors (Lipinski definition) is 3. The fourth-order valence-electron chi connectivity index (χ4n) is 4.38. The van der Waals surface area contributed by atoms with Crippen molar-refractivity contribution in [3.05, 3.63) is 70.7 Å². The predicted octanol–water partition coefficient (Wildman–Crippen LogP) is 4.28. The van der Waals surface area contributed by atoms with Crippen molar-refractivity contribution >= 4 is 16.9 Å². The monoisotopic (exact) mass is 443 g/mol. The Morgan fingerprint density at radius 3 is 2.59 bits per heavy atom. The zero-order valence-corrected chi connectivity index (χ0v) is 17.1. The van der Waals surface area contributed by atoms with Crippen LogP contribution in [0.15, 0.2) is 30.6 Å². The zero-order chi connectivity index (χ0) is 22.7. The van der Waals surface area contributed by atoms with E-state index in [0.717, 1.165) is 23.9 Å². The molecule has 10 heteroatoms. The Morgan fingerprint density at radius 2 is 1.88 bits per heavy atom. The molecular formula is C22H17F4N5O. The number of carbonyl (C=O) groups excluding carboxylic acids is 1. The van der Waals surface area contributed by atoms with Crippen LogP contribution in [0.3, 0.4) is 0 Å². The Balaban J connectivity index is 1.53. The first-order valence-electron chi connectivity index (χ1n) is 9.90. The van der Waals surface area contributed by atoms with Gasteiger partial charge in [0, 0.05) is 36.3 Å². The molecule has 1 N–H and O–H groups in total. The molecule has 0 unspecified atom stereocenters. The van der Waals surface area contributed by atoms with Gasteiger partial charge in [-0.05, 0) is 31.5 Å². The lowest BCUT2D eigenvalue weighted by Gasteiger charge is -2.33. The van der Waals surface area contributed by atoms with Crippen molar-refractivity contribution in [3.63, 3.8) is 0 Å². The maximum Gasteiger partial charge on any atom is 0.256 e. The number of aromatic amines is 1. The number of fused-ring (bicyclic) bond motifs is 2. The van der Waals surface area contributed by atoms with Crippen LogP contribution in [0.4, 0.5) is 17.6 Å². The topological polar surface area (TPSA) is 66.8 Å². The minimum atomic E-state index is -1.53. The summed E-state index contributed by atoms with van der Waals surface area (Å²) in [4.78, 5) is 21.7. The number of halogens is 4. The molecule has 0 radical (unpaired) electrons. The summed E-state index contributed by atoms with van der Waals surface area (Å²) in [6.07, 6.45) is 2.94. The van der Waals surface area contributed by atoms with Gasteiger partial charge in [-0.2, -0.15) is 5.10 Å². The van der Waals surface area contributed by atoms with Gasteiger partial charge in [0.1, 0.15) is 11.5 Å². The van der Waals surface area contributed by atoms with Gasteiger partial charge < -0.3 is 9.88 Å². The van der Waals surface area contributed by atoms with E-state index in [9.17, 15) is 22.4 Å². The second kappa shape index (κ2) is 7.18. The van der Waals surface area contributed by atoms with Gasteiger partial charge in [-0.15, -0.1) is 0 Å². The maximum absolute atomic E-state index is 13.8. The number of carbonyl (C=O) groups is 1. The molecule has 1 aliphatic heterocycles. The van der Waals surface area contributed by atoms with Crippen LogP contribution in [0.2, 0.25) is 0 Å². The first-order valence-corrected chi connectivity index (χ1v) is 9.90. The Kier molecular flexibility index (Phi) is 4.54. The lowest BCUT2D eigenvalue weighted by molar-refractivity contribution is 0.0675. The van der Waals surface area contributed by atoms with Gasteiger partial charge in [0.15, 0.2) is 17.5 Å². The van der Waals surface area contributed by atoms with Crippen molar-refractivity contribution < 1.29 is 22.4 Å². The lowest BCUT2D eigenvalue weighted by Crippen LogP contribution is -2.38. The molecule has 32 heavy (non-hydrogen) atoms. The molecule has 0 spiro atoms. The van der Waals surface area contributed by atoms with E-state index in [4.69, 9.17) is 0 Å². The van der Waals surface area contributed by atoms with Gasteiger partial charge in [0.25, 0.3) is 5.91 Å². The minimum Gasteiger partial charge on any atom is -0.345 e. The van der Waals surface area contributed by atoms with Crippen LogP contribution in [0.25, 0.3) is 22.3 Å². The Bertz CT molecular complexity index is 1370. The van der Waals surface area contributed by atoms with Crippen molar-refractivity contribution in [2.75, 3.05) is 6.54 Å². The molecule has 1 amide bonds. The summed E-state index contributed by atoms with van der Waals surface area (Å²) in [6.45, 7) is 2.11. The molecule has 0 bridgehead atoms. The van der Waals surface area contributed by atoms with E-state index >= 15 is 0 Å². The zero-order valence-electron chi connectivity index (χ0n) is 17.1. The van der Waals surface area contributed by atoms with E-state index in [0.29, 0.717) is 41.0 Å². The number of H-pyrrole nitrogens is 1. The molecule has 1 aromatic carbocycles. The fraction of sp³-hybridized carbons (Fsp3) is 0.227. The summed E-state index contributed by atoms with van der Waals surface area (Å²) in [6, 6.07) is 2.67. The largest absolute Gasteiger partial charge is 0.345 e. The van der Waals surface area contributed by atoms with E-state index in [1.165, 1.54) is 16.9 Å². The van der Waals surface area contributed by atoms with Gasteiger partial charge in [-0.1, -0.05) is 0 Å². The Labute approximate surface area is 179 Å². The molecule has 0 aliphatic carbocycles. The van der Waals surface area contributed by atoms with Crippen LogP contribution in [-0.4, -0.2) is 37.1 Å². The third-order valence-corrected chi connectivity index (χ3v) is 5.89. The second-order valence-electron chi connectivity index (χ2n) is 7.77. The van der Waals surface area contributed by atoms with Crippen molar-refractivity contribution in [1.29, 1.82) is 0 Å². The van der Waals surface area contributed by atoms with Crippen LogP contribution in [0.5, 0.6) is 0 Å². The van der Waals surface area contributed by atoms with Gasteiger partial charge in [-0.25, -0.2) is 22.5 Å². The Hall–Kier alpha value is -3.69. The van der Waals surface area contributed by atoms with Gasteiger partial charge in [0.05, 0.1) is 29.2 Å². The summed E-state index contributed by atoms with van der Waals surface area (Å²) in [5.74, 6) is -4.95. The number of hydrogen-bond donors (Lipinski definition) is 1. The minimum absolute atomic E-state index is 0.169. The summed E-state index contributed by atoms with van der Waals surface area (Å²) in [7, 11) is 1.62. The van der Waals surface area contributed by atoms with Gasteiger partial charge >= 0.3 is 0 Å². The van der Waals surface area contributed by atoms with E-state index in [1.54, 1.807) is 18.9 Å². The maximum atomic E-state index is 13.8. The standard InChI is InChI=1S/C22H17F4N5O/c1-10-19-13(20(30(2)29-19)11-5-16(24)18(26)17(25)6-11)3-4-31(10)22(32)15-9-28-21-14(15)7-12(23)8-27-21/h5-10H,3-4H2,1-2H3,(H,27,28)/t10-/m0/s1. The number of rotatable bonds is 2. The third-order valence-electron chi connectivity index (χ3n) is 5.89. The van der Waals surface area contributed by atoms with E-state index in [2.05, 4.69) is 15.1 Å². The summed E-state index contributed by atoms with van der Waals surface area (Å²) in [5, 5.41) is 4.87. The first kappa shape index (κ1) is 20.2. The van der Waals surface area contributed by atoms with Gasteiger partial charge in [-0.3, -0.25) is 9.48 Å². The smallest absolute Gasteiger partial charge is 0.256 e. The average Bonchev–Trinajstić information content (AvgIpc) is 3.32. The number of pyridine rings is 1. The highest BCUT2D eigenvalue weighted by Gasteiger charge is 2.34. The SMILES string of the molecule is C[C@H]1c2nn(C)c(-c3cc(F)c(F)c(F)c3)c2CCN1C(=O)c1c[nH]c2ncc(F)cc12. The van der Waals surface area contributed by atoms with Crippen LogP contribution >= 0.6 is 0 Å². The molecule has 4 heterocycles.